The first kappa shape index (κ1) is 22.0. The maximum absolute atomic E-state index is 13.1. The van der Waals surface area contributed by atoms with Gasteiger partial charge in [-0.2, -0.15) is 0 Å². The summed E-state index contributed by atoms with van der Waals surface area (Å²) in [6.07, 6.45) is 2.29. The second-order valence-corrected chi connectivity index (χ2v) is 9.23. The lowest BCUT2D eigenvalue weighted by molar-refractivity contribution is -0.127. The zero-order valence-electron chi connectivity index (χ0n) is 17.7. The second-order valence-electron chi connectivity index (χ2n) is 8.42. The quantitative estimate of drug-likeness (QED) is 0.692. The molecule has 5 nitrogen and oxygen atoms in total. The first-order valence-electron chi connectivity index (χ1n) is 10.6. The molecule has 7 heteroatoms. The topological polar surface area (TPSA) is 58.6 Å². The first-order chi connectivity index (χ1) is 14.8. The van der Waals surface area contributed by atoms with Crippen LogP contribution in [0.5, 0.6) is 5.75 Å². The smallest absolute Gasteiger partial charge is 0.253 e. The largest absolute Gasteiger partial charge is 0.493 e. The number of piperidine rings is 1. The van der Waals surface area contributed by atoms with Crippen molar-refractivity contribution < 1.29 is 14.3 Å². The van der Waals surface area contributed by atoms with Gasteiger partial charge >= 0.3 is 0 Å². The van der Waals surface area contributed by atoms with Crippen molar-refractivity contribution in [3.8, 4) is 5.75 Å². The van der Waals surface area contributed by atoms with Crippen LogP contribution in [0.2, 0.25) is 10.0 Å². The number of hydrogen-bond donors (Lipinski definition) is 1. The summed E-state index contributed by atoms with van der Waals surface area (Å²) in [6, 6.07) is 8.99. The Labute approximate surface area is 192 Å². The average Bonchev–Trinajstić information content (AvgIpc) is 2.75. The van der Waals surface area contributed by atoms with Gasteiger partial charge in [-0.05, 0) is 50.5 Å². The molecule has 2 aliphatic heterocycles. The van der Waals surface area contributed by atoms with E-state index in [-0.39, 0.29) is 23.8 Å². The Morgan fingerprint density at radius 3 is 2.68 bits per heavy atom. The number of aryl methyl sites for hydroxylation is 2. The van der Waals surface area contributed by atoms with E-state index in [1.54, 1.807) is 23.1 Å². The lowest BCUT2D eigenvalue weighted by atomic mass is 9.93. The molecule has 0 saturated carbocycles. The van der Waals surface area contributed by atoms with E-state index in [4.69, 9.17) is 27.9 Å². The van der Waals surface area contributed by atoms with Crippen molar-refractivity contribution in [2.24, 2.45) is 5.92 Å². The molecule has 164 valence electrons. The Hall–Kier alpha value is -2.24. The Morgan fingerprint density at radius 2 is 1.90 bits per heavy atom. The van der Waals surface area contributed by atoms with Gasteiger partial charge in [0.25, 0.3) is 5.91 Å². The number of carbonyl (C=O) groups is 2. The number of halogens is 2. The van der Waals surface area contributed by atoms with E-state index in [0.717, 1.165) is 41.7 Å². The minimum atomic E-state index is -0.238. The number of nitrogens with zero attached hydrogens (tertiary/aromatic N) is 1. The fourth-order valence-corrected chi connectivity index (χ4v) is 4.80. The van der Waals surface area contributed by atoms with E-state index in [1.807, 2.05) is 6.92 Å². The van der Waals surface area contributed by atoms with Crippen molar-refractivity contribution in [2.45, 2.75) is 39.2 Å². The van der Waals surface area contributed by atoms with Gasteiger partial charge in [0.2, 0.25) is 5.91 Å². The van der Waals surface area contributed by atoms with Crippen LogP contribution in [0, 0.1) is 19.8 Å². The lowest BCUT2D eigenvalue weighted by Crippen LogP contribution is -2.46. The van der Waals surface area contributed by atoms with Crippen LogP contribution < -0.4 is 10.1 Å². The molecular formula is C24H26Cl2N2O3. The van der Waals surface area contributed by atoms with E-state index in [9.17, 15) is 9.59 Å². The van der Waals surface area contributed by atoms with Crippen LogP contribution in [-0.4, -0.2) is 36.4 Å². The van der Waals surface area contributed by atoms with Gasteiger partial charge in [0.15, 0.2) is 0 Å². The zero-order chi connectivity index (χ0) is 22.1. The third-order valence-corrected chi connectivity index (χ3v) is 6.78. The van der Waals surface area contributed by atoms with Crippen LogP contribution in [0.25, 0.3) is 0 Å². The first-order valence-corrected chi connectivity index (χ1v) is 11.4. The van der Waals surface area contributed by atoms with Gasteiger partial charge < -0.3 is 15.0 Å². The molecule has 4 rings (SSSR count). The summed E-state index contributed by atoms with van der Waals surface area (Å²) < 4.78 is 5.86. The molecular weight excluding hydrogens is 435 g/mol. The van der Waals surface area contributed by atoms with Gasteiger partial charge in [-0.15, -0.1) is 0 Å². The maximum atomic E-state index is 13.1. The molecule has 2 atom stereocenters. The zero-order valence-corrected chi connectivity index (χ0v) is 19.2. The van der Waals surface area contributed by atoms with Crippen molar-refractivity contribution in [2.75, 3.05) is 19.7 Å². The SMILES string of the molecule is Cc1cc(C)c2c(c1)C(NC(=O)C1CCCN(C(=O)c3ccc(Cl)c(Cl)c3)C1)CCO2. The van der Waals surface area contributed by atoms with Crippen molar-refractivity contribution in [3.63, 3.8) is 0 Å². The van der Waals surface area contributed by atoms with Crippen LogP contribution in [0.3, 0.4) is 0 Å². The van der Waals surface area contributed by atoms with Crippen LogP contribution in [0.15, 0.2) is 30.3 Å². The summed E-state index contributed by atoms with van der Waals surface area (Å²) >= 11 is 12.0. The van der Waals surface area contributed by atoms with Crippen LogP contribution >= 0.6 is 23.2 Å². The predicted molar refractivity (Wildman–Crippen MR) is 122 cm³/mol. The second kappa shape index (κ2) is 9.09. The molecule has 0 aliphatic carbocycles. The highest BCUT2D eigenvalue weighted by molar-refractivity contribution is 6.42. The molecule has 1 fully saturated rings. The van der Waals surface area contributed by atoms with E-state index in [0.29, 0.717) is 35.3 Å². The van der Waals surface area contributed by atoms with Gasteiger partial charge in [0, 0.05) is 30.6 Å². The molecule has 0 bridgehead atoms. The summed E-state index contributed by atoms with van der Waals surface area (Å²) in [7, 11) is 0. The molecule has 2 heterocycles. The normalized spacial score (nSPS) is 20.6. The van der Waals surface area contributed by atoms with Crippen LogP contribution in [-0.2, 0) is 4.79 Å². The molecule has 2 unspecified atom stereocenters. The van der Waals surface area contributed by atoms with Gasteiger partial charge in [-0.1, -0.05) is 40.9 Å². The number of nitrogens with one attached hydrogen (secondary N) is 1. The number of fused-ring (bicyclic) bond motifs is 1. The number of hydrogen-bond acceptors (Lipinski definition) is 3. The summed E-state index contributed by atoms with van der Waals surface area (Å²) in [6.45, 7) is 5.68. The highest BCUT2D eigenvalue weighted by atomic mass is 35.5. The predicted octanol–water partition coefficient (Wildman–Crippen LogP) is 5.10. The highest BCUT2D eigenvalue weighted by Gasteiger charge is 2.32. The van der Waals surface area contributed by atoms with Crippen molar-refractivity contribution in [1.82, 2.24) is 10.2 Å². The number of benzene rings is 2. The van der Waals surface area contributed by atoms with E-state index >= 15 is 0 Å². The van der Waals surface area contributed by atoms with E-state index in [1.165, 1.54) is 0 Å². The number of ether oxygens (including phenoxy) is 1. The summed E-state index contributed by atoms with van der Waals surface area (Å²) in [5, 5.41) is 3.98. The van der Waals surface area contributed by atoms with Gasteiger partial charge in [0.1, 0.15) is 5.75 Å². The summed E-state index contributed by atoms with van der Waals surface area (Å²) in [5.41, 5.74) is 3.76. The molecule has 31 heavy (non-hydrogen) atoms. The number of amides is 2. The molecule has 1 saturated heterocycles. The van der Waals surface area contributed by atoms with Crippen LogP contribution in [0.1, 0.15) is 52.4 Å². The fraction of sp³-hybridized carbons (Fsp3) is 0.417. The minimum Gasteiger partial charge on any atom is -0.493 e. The monoisotopic (exact) mass is 460 g/mol. The molecule has 2 aliphatic rings. The van der Waals surface area contributed by atoms with Gasteiger partial charge in [0.05, 0.1) is 28.6 Å². The Balaban J connectivity index is 1.45. The molecule has 1 N–H and O–H groups in total. The summed E-state index contributed by atoms with van der Waals surface area (Å²) in [4.78, 5) is 27.8. The standard InChI is InChI=1S/C24H26Cl2N2O3/c1-14-10-15(2)22-18(11-14)21(7-9-31-22)27-23(29)17-4-3-8-28(13-17)24(30)16-5-6-19(25)20(26)12-16/h5-6,10-12,17,21H,3-4,7-9,13H2,1-2H3,(H,27,29). The summed E-state index contributed by atoms with van der Waals surface area (Å²) in [5.74, 6) is 0.502. The highest BCUT2D eigenvalue weighted by Crippen LogP contribution is 2.36. The number of carbonyl (C=O) groups excluding carboxylic acids is 2. The molecule has 0 spiro atoms. The number of likely N-dealkylation sites (tertiary alicyclic amines) is 1. The Bertz CT molecular complexity index is 1020. The molecule has 0 radical (unpaired) electrons. The average molecular weight is 461 g/mol. The van der Waals surface area contributed by atoms with Crippen molar-refractivity contribution >= 4 is 35.0 Å². The van der Waals surface area contributed by atoms with Crippen LogP contribution in [0.4, 0.5) is 0 Å². The molecule has 2 amide bonds. The minimum absolute atomic E-state index is 0.0105. The van der Waals surface area contributed by atoms with Gasteiger partial charge in [-0.3, -0.25) is 9.59 Å². The molecule has 0 aromatic heterocycles. The third kappa shape index (κ3) is 4.68. The lowest BCUT2D eigenvalue weighted by Gasteiger charge is -2.34. The number of rotatable bonds is 3. The molecule has 2 aromatic rings. The van der Waals surface area contributed by atoms with E-state index in [2.05, 4.69) is 24.4 Å². The van der Waals surface area contributed by atoms with Crippen molar-refractivity contribution in [3.05, 3.63) is 62.6 Å². The Kier molecular flexibility index (Phi) is 6.44. The van der Waals surface area contributed by atoms with E-state index < -0.39 is 0 Å². The molecule has 2 aromatic carbocycles. The van der Waals surface area contributed by atoms with Crippen molar-refractivity contribution in [1.29, 1.82) is 0 Å². The maximum Gasteiger partial charge on any atom is 0.253 e. The van der Waals surface area contributed by atoms with Gasteiger partial charge in [-0.25, -0.2) is 0 Å². The fourth-order valence-electron chi connectivity index (χ4n) is 4.50. The third-order valence-electron chi connectivity index (χ3n) is 6.04. The Morgan fingerprint density at radius 1 is 1.10 bits per heavy atom.